The number of halogens is 1. The highest BCUT2D eigenvalue weighted by atomic mass is 19.1. The molecule has 34 heavy (non-hydrogen) atoms. The van der Waals surface area contributed by atoms with E-state index in [-0.39, 0.29) is 17.8 Å². The molecule has 4 heterocycles. The summed E-state index contributed by atoms with van der Waals surface area (Å²) >= 11 is 0. The largest absolute Gasteiger partial charge is 0.496 e. The number of imidazole rings is 1. The van der Waals surface area contributed by atoms with Gasteiger partial charge in [0.05, 0.1) is 35.8 Å². The third-order valence-corrected chi connectivity index (χ3v) is 6.49. The van der Waals surface area contributed by atoms with Crippen LogP contribution in [0, 0.1) is 5.82 Å². The lowest BCUT2D eigenvalue weighted by molar-refractivity contribution is 0.419. The number of ether oxygens (including phenoxy) is 1. The van der Waals surface area contributed by atoms with Crippen LogP contribution in [0.5, 0.6) is 5.75 Å². The molecule has 6 rings (SSSR count). The minimum Gasteiger partial charge on any atom is -0.496 e. The highest BCUT2D eigenvalue weighted by Gasteiger charge is 2.31. The van der Waals surface area contributed by atoms with Gasteiger partial charge in [-0.15, -0.1) is 0 Å². The zero-order chi connectivity index (χ0) is 23.2. The van der Waals surface area contributed by atoms with Crippen molar-refractivity contribution < 1.29 is 9.13 Å². The molecule has 5 aromatic rings. The molecule has 0 fully saturated rings. The maximum absolute atomic E-state index is 13.6. The Kier molecular flexibility index (Phi) is 4.79. The standard InChI is InChI=1S/C26H23FN6O/c1-34-22-4-2-3-21-19(22)12-14-32(21)15-18-9-10-23-31-24(16-5-7-17(27)8-6-16)25(33(18)23)20-11-13-29-26(28)30-20/h2-8,11-14,18H,9-10,15H2,1H3,(H2,28,29,30)/t18-/m0/s1. The molecule has 170 valence electrons. The molecule has 7 nitrogen and oxygen atoms in total. The molecule has 0 radical (unpaired) electrons. The minimum absolute atomic E-state index is 0.171. The summed E-state index contributed by atoms with van der Waals surface area (Å²) in [6.45, 7) is 0.774. The van der Waals surface area contributed by atoms with Crippen LogP contribution in [-0.2, 0) is 13.0 Å². The summed E-state index contributed by atoms with van der Waals surface area (Å²) in [6.07, 6.45) is 5.57. The Morgan fingerprint density at radius 3 is 2.74 bits per heavy atom. The van der Waals surface area contributed by atoms with Gasteiger partial charge < -0.3 is 19.6 Å². The Balaban J connectivity index is 1.48. The first-order valence-electron chi connectivity index (χ1n) is 11.2. The average molecular weight is 455 g/mol. The van der Waals surface area contributed by atoms with Crippen LogP contribution in [0.3, 0.4) is 0 Å². The third kappa shape index (κ3) is 3.30. The lowest BCUT2D eigenvalue weighted by Crippen LogP contribution is -2.13. The second kappa shape index (κ2) is 7.98. The zero-order valence-electron chi connectivity index (χ0n) is 18.6. The van der Waals surface area contributed by atoms with Crippen LogP contribution in [0.15, 0.2) is 67.0 Å². The van der Waals surface area contributed by atoms with Crippen molar-refractivity contribution >= 4 is 16.9 Å². The average Bonchev–Trinajstić information content (AvgIpc) is 3.54. The van der Waals surface area contributed by atoms with Crippen LogP contribution in [0.4, 0.5) is 10.3 Å². The molecule has 0 saturated heterocycles. The number of hydrogen-bond acceptors (Lipinski definition) is 5. The molecular formula is C26H23FN6O. The van der Waals surface area contributed by atoms with Crippen molar-refractivity contribution in [1.82, 2.24) is 24.1 Å². The molecule has 0 bridgehead atoms. The van der Waals surface area contributed by atoms with Crippen molar-refractivity contribution in [3.8, 4) is 28.4 Å². The molecule has 0 unspecified atom stereocenters. The molecule has 1 aliphatic rings. The van der Waals surface area contributed by atoms with Crippen molar-refractivity contribution in [2.45, 2.75) is 25.4 Å². The molecule has 2 N–H and O–H groups in total. The number of anilines is 1. The summed E-state index contributed by atoms with van der Waals surface area (Å²) < 4.78 is 23.7. The monoisotopic (exact) mass is 454 g/mol. The molecule has 0 saturated carbocycles. The van der Waals surface area contributed by atoms with Crippen molar-refractivity contribution in [3.63, 3.8) is 0 Å². The molecule has 2 aromatic carbocycles. The van der Waals surface area contributed by atoms with Gasteiger partial charge in [0.25, 0.3) is 0 Å². The normalized spacial score (nSPS) is 15.1. The number of nitrogens with two attached hydrogens (primary N) is 1. The van der Waals surface area contributed by atoms with Crippen molar-refractivity contribution in [2.75, 3.05) is 12.8 Å². The van der Waals surface area contributed by atoms with Crippen LogP contribution < -0.4 is 10.5 Å². The number of methoxy groups -OCH3 is 1. The third-order valence-electron chi connectivity index (χ3n) is 6.49. The van der Waals surface area contributed by atoms with Gasteiger partial charge in [0, 0.05) is 36.3 Å². The van der Waals surface area contributed by atoms with E-state index in [0.29, 0.717) is 5.69 Å². The number of hydrogen-bond donors (Lipinski definition) is 1. The van der Waals surface area contributed by atoms with E-state index in [0.717, 1.165) is 58.8 Å². The van der Waals surface area contributed by atoms with Crippen molar-refractivity contribution in [1.29, 1.82) is 0 Å². The minimum atomic E-state index is -0.281. The Bertz CT molecular complexity index is 1500. The lowest BCUT2D eigenvalue weighted by atomic mass is 10.1. The Morgan fingerprint density at radius 1 is 1.09 bits per heavy atom. The molecule has 1 aliphatic heterocycles. The van der Waals surface area contributed by atoms with E-state index in [1.165, 1.54) is 12.1 Å². The molecule has 8 heteroatoms. The van der Waals surface area contributed by atoms with E-state index in [2.05, 4.69) is 37.4 Å². The molecular weight excluding hydrogens is 431 g/mol. The van der Waals surface area contributed by atoms with Gasteiger partial charge in [-0.05, 0) is 55.0 Å². The van der Waals surface area contributed by atoms with Crippen LogP contribution in [-0.4, -0.2) is 31.2 Å². The van der Waals surface area contributed by atoms with Gasteiger partial charge in [-0.2, -0.15) is 0 Å². The number of rotatable bonds is 5. The first-order valence-corrected chi connectivity index (χ1v) is 11.2. The van der Waals surface area contributed by atoms with Gasteiger partial charge >= 0.3 is 0 Å². The van der Waals surface area contributed by atoms with Gasteiger partial charge in [0.15, 0.2) is 0 Å². The topological polar surface area (TPSA) is 83.8 Å². The number of benzene rings is 2. The fraction of sp³-hybridized carbons (Fsp3) is 0.192. The van der Waals surface area contributed by atoms with E-state index in [1.54, 1.807) is 25.4 Å². The Labute approximate surface area is 195 Å². The van der Waals surface area contributed by atoms with E-state index < -0.39 is 0 Å². The quantitative estimate of drug-likeness (QED) is 0.409. The Morgan fingerprint density at radius 2 is 1.94 bits per heavy atom. The van der Waals surface area contributed by atoms with E-state index in [9.17, 15) is 4.39 Å². The molecule has 0 aliphatic carbocycles. The SMILES string of the molecule is COc1cccc2c1ccn2C[C@@H]1CCc2nc(-c3ccc(F)cc3)c(-c3ccnc(N)n3)n21. The number of aryl methyl sites for hydroxylation is 1. The smallest absolute Gasteiger partial charge is 0.220 e. The molecule has 1 atom stereocenters. The summed E-state index contributed by atoms with van der Waals surface area (Å²) in [6, 6.07) is 16.6. The highest BCUT2D eigenvalue weighted by molar-refractivity contribution is 5.86. The van der Waals surface area contributed by atoms with Crippen LogP contribution in [0.25, 0.3) is 33.5 Å². The number of fused-ring (bicyclic) bond motifs is 2. The summed E-state index contributed by atoms with van der Waals surface area (Å²) in [4.78, 5) is 13.5. The molecule has 3 aromatic heterocycles. The fourth-order valence-corrected chi connectivity index (χ4v) is 4.97. The van der Waals surface area contributed by atoms with Crippen LogP contribution in [0.2, 0.25) is 0 Å². The predicted octanol–water partition coefficient (Wildman–Crippen LogP) is 4.88. The second-order valence-electron chi connectivity index (χ2n) is 8.46. The Hall–Kier alpha value is -4.20. The summed E-state index contributed by atoms with van der Waals surface area (Å²) in [5, 5.41) is 1.09. The first-order chi connectivity index (χ1) is 16.6. The van der Waals surface area contributed by atoms with Crippen LogP contribution in [0.1, 0.15) is 18.3 Å². The number of aromatic nitrogens is 5. The van der Waals surface area contributed by atoms with Crippen LogP contribution >= 0.6 is 0 Å². The molecule has 0 spiro atoms. The maximum atomic E-state index is 13.6. The predicted molar refractivity (Wildman–Crippen MR) is 129 cm³/mol. The lowest BCUT2D eigenvalue weighted by Gasteiger charge is -2.19. The maximum Gasteiger partial charge on any atom is 0.220 e. The van der Waals surface area contributed by atoms with Gasteiger partial charge in [0.1, 0.15) is 17.4 Å². The highest BCUT2D eigenvalue weighted by Crippen LogP contribution is 2.40. The van der Waals surface area contributed by atoms with E-state index in [4.69, 9.17) is 15.5 Å². The number of nitrogens with zero attached hydrogens (tertiary/aromatic N) is 5. The second-order valence-corrected chi connectivity index (χ2v) is 8.46. The number of nitrogen functional groups attached to an aromatic ring is 1. The van der Waals surface area contributed by atoms with E-state index in [1.807, 2.05) is 18.2 Å². The fourth-order valence-electron chi connectivity index (χ4n) is 4.97. The summed E-state index contributed by atoms with van der Waals surface area (Å²) in [7, 11) is 1.69. The van der Waals surface area contributed by atoms with E-state index >= 15 is 0 Å². The van der Waals surface area contributed by atoms with Gasteiger partial charge in [0.2, 0.25) is 5.95 Å². The van der Waals surface area contributed by atoms with Crippen molar-refractivity contribution in [2.24, 2.45) is 0 Å². The van der Waals surface area contributed by atoms with Crippen molar-refractivity contribution in [3.05, 3.63) is 78.6 Å². The first kappa shape index (κ1) is 20.4. The molecule has 0 amide bonds. The summed E-state index contributed by atoms with van der Waals surface area (Å²) in [5.41, 5.74) is 10.3. The van der Waals surface area contributed by atoms with Gasteiger partial charge in [-0.1, -0.05) is 6.07 Å². The van der Waals surface area contributed by atoms with Gasteiger partial charge in [-0.3, -0.25) is 0 Å². The summed E-state index contributed by atoms with van der Waals surface area (Å²) in [5.74, 6) is 1.78. The van der Waals surface area contributed by atoms with Gasteiger partial charge in [-0.25, -0.2) is 19.3 Å². The zero-order valence-corrected chi connectivity index (χ0v) is 18.6.